The average molecular weight is 298 g/mol. The topological polar surface area (TPSA) is 63.5 Å². The molecule has 1 fully saturated rings. The van der Waals surface area contributed by atoms with E-state index in [-0.39, 0.29) is 18.1 Å². The maximum Gasteiger partial charge on any atom is 0.315 e. The second-order valence-electron chi connectivity index (χ2n) is 5.01. The van der Waals surface area contributed by atoms with Gasteiger partial charge in [-0.2, -0.15) is 11.8 Å². The lowest BCUT2D eigenvalue weighted by molar-refractivity contribution is 0.156. The Hall–Kier alpha value is -1.14. The summed E-state index contributed by atoms with van der Waals surface area (Å²) in [5.41, 5.74) is 0. The van der Waals surface area contributed by atoms with Gasteiger partial charge in [0.15, 0.2) is 0 Å². The molecule has 3 atom stereocenters. The van der Waals surface area contributed by atoms with Crippen molar-refractivity contribution in [2.45, 2.75) is 36.6 Å². The molecule has 0 radical (unpaired) electrons. The van der Waals surface area contributed by atoms with Crippen LogP contribution in [0.1, 0.15) is 31.1 Å². The van der Waals surface area contributed by atoms with Crippen molar-refractivity contribution in [3.05, 3.63) is 24.2 Å². The molecule has 6 heteroatoms. The van der Waals surface area contributed by atoms with Crippen molar-refractivity contribution in [3.63, 3.8) is 0 Å². The van der Waals surface area contributed by atoms with Gasteiger partial charge in [-0.1, -0.05) is 0 Å². The van der Waals surface area contributed by atoms with Crippen LogP contribution in [0, 0.1) is 0 Å². The maximum absolute atomic E-state index is 12.0. The number of methoxy groups -OCH3 is 1. The molecule has 1 heterocycles. The molecule has 0 unspecified atom stereocenters. The summed E-state index contributed by atoms with van der Waals surface area (Å²) in [5.74, 6) is 0.704. The number of urea groups is 1. The molecular formula is C14H22N2O3S. The summed E-state index contributed by atoms with van der Waals surface area (Å²) in [4.78, 5) is 12.0. The van der Waals surface area contributed by atoms with Crippen LogP contribution in [0.3, 0.4) is 0 Å². The lowest BCUT2D eigenvalue weighted by Crippen LogP contribution is -2.43. The Labute approximate surface area is 123 Å². The lowest BCUT2D eigenvalue weighted by atomic mass is 10.2. The predicted octanol–water partition coefficient (Wildman–Crippen LogP) is 2.55. The van der Waals surface area contributed by atoms with Gasteiger partial charge in [0, 0.05) is 18.4 Å². The van der Waals surface area contributed by atoms with Crippen LogP contribution >= 0.6 is 11.8 Å². The normalized spacial score (nSPS) is 23.5. The van der Waals surface area contributed by atoms with E-state index >= 15 is 0 Å². The van der Waals surface area contributed by atoms with Crippen LogP contribution < -0.4 is 10.6 Å². The van der Waals surface area contributed by atoms with Crippen LogP contribution in [-0.2, 0) is 4.74 Å². The highest BCUT2D eigenvalue weighted by atomic mass is 32.2. The Balaban J connectivity index is 1.83. The lowest BCUT2D eigenvalue weighted by Gasteiger charge is -2.19. The van der Waals surface area contributed by atoms with Crippen LogP contribution in [0.15, 0.2) is 22.8 Å². The van der Waals surface area contributed by atoms with Crippen molar-refractivity contribution in [2.24, 2.45) is 0 Å². The first-order valence-corrected chi connectivity index (χ1v) is 8.14. The van der Waals surface area contributed by atoms with Gasteiger partial charge in [-0.3, -0.25) is 0 Å². The smallest absolute Gasteiger partial charge is 0.315 e. The Kier molecular flexibility index (Phi) is 5.79. The summed E-state index contributed by atoms with van der Waals surface area (Å²) >= 11 is 1.88. The average Bonchev–Trinajstić information content (AvgIpc) is 3.09. The molecule has 0 aromatic carbocycles. The fourth-order valence-corrected chi connectivity index (χ4v) is 3.32. The number of carbonyl (C=O) groups excluding carboxylic acids is 1. The number of amides is 2. The standard InChI is InChI=1S/C14H22N2O3S/c1-18-9-12(13-4-3-7-19-13)16-14(17)15-10-5-6-11(8-10)20-2/h3-4,7,10-12H,5-6,8-9H2,1-2H3,(H2,15,16,17)/t10-,11+,12-/m1/s1. The minimum Gasteiger partial charge on any atom is -0.467 e. The number of furan rings is 1. The predicted molar refractivity (Wildman–Crippen MR) is 79.9 cm³/mol. The van der Waals surface area contributed by atoms with E-state index in [1.54, 1.807) is 19.4 Å². The molecule has 20 heavy (non-hydrogen) atoms. The van der Waals surface area contributed by atoms with Gasteiger partial charge in [0.25, 0.3) is 0 Å². The van der Waals surface area contributed by atoms with Crippen LogP contribution in [0.2, 0.25) is 0 Å². The number of carbonyl (C=O) groups is 1. The molecule has 1 aliphatic carbocycles. The highest BCUT2D eigenvalue weighted by Crippen LogP contribution is 2.28. The van der Waals surface area contributed by atoms with Crippen molar-refractivity contribution in [1.29, 1.82) is 0 Å². The third kappa shape index (κ3) is 4.18. The molecule has 1 saturated carbocycles. The number of rotatable bonds is 6. The first kappa shape index (κ1) is 15.3. The summed E-state index contributed by atoms with van der Waals surface area (Å²) in [6.07, 6.45) is 6.99. The van der Waals surface area contributed by atoms with Gasteiger partial charge in [-0.15, -0.1) is 0 Å². The summed E-state index contributed by atoms with van der Waals surface area (Å²) in [6.45, 7) is 0.388. The van der Waals surface area contributed by atoms with E-state index in [1.165, 1.54) is 6.42 Å². The first-order valence-electron chi connectivity index (χ1n) is 6.85. The Morgan fingerprint density at radius 3 is 3.05 bits per heavy atom. The van der Waals surface area contributed by atoms with E-state index in [0.29, 0.717) is 17.6 Å². The van der Waals surface area contributed by atoms with Crippen molar-refractivity contribution < 1.29 is 13.9 Å². The molecule has 5 nitrogen and oxygen atoms in total. The monoisotopic (exact) mass is 298 g/mol. The quantitative estimate of drug-likeness (QED) is 0.847. The second kappa shape index (κ2) is 7.59. The minimum absolute atomic E-state index is 0.157. The second-order valence-corrected chi connectivity index (χ2v) is 6.15. The van der Waals surface area contributed by atoms with Crippen molar-refractivity contribution in [2.75, 3.05) is 20.0 Å². The van der Waals surface area contributed by atoms with Gasteiger partial charge >= 0.3 is 6.03 Å². The summed E-state index contributed by atoms with van der Waals surface area (Å²) in [6, 6.07) is 3.50. The van der Waals surface area contributed by atoms with Crippen LogP contribution in [-0.4, -0.2) is 37.3 Å². The summed E-state index contributed by atoms with van der Waals surface area (Å²) < 4.78 is 10.5. The molecule has 2 rings (SSSR count). The molecule has 0 spiro atoms. The number of thioether (sulfide) groups is 1. The van der Waals surface area contributed by atoms with E-state index in [0.717, 1.165) is 12.8 Å². The van der Waals surface area contributed by atoms with Crippen molar-refractivity contribution in [3.8, 4) is 0 Å². The molecule has 1 aromatic heterocycles. The minimum atomic E-state index is -0.257. The van der Waals surface area contributed by atoms with Gasteiger partial charge in [0.2, 0.25) is 0 Å². The van der Waals surface area contributed by atoms with Crippen LogP contribution in [0.5, 0.6) is 0 Å². The molecule has 0 bridgehead atoms. The first-order chi connectivity index (χ1) is 9.72. The van der Waals surface area contributed by atoms with E-state index in [4.69, 9.17) is 9.15 Å². The number of hydrogen-bond acceptors (Lipinski definition) is 4. The molecule has 0 saturated heterocycles. The maximum atomic E-state index is 12.0. The highest BCUT2D eigenvalue weighted by Gasteiger charge is 2.26. The van der Waals surface area contributed by atoms with Crippen molar-refractivity contribution in [1.82, 2.24) is 10.6 Å². The Morgan fingerprint density at radius 1 is 1.60 bits per heavy atom. The third-order valence-corrected chi connectivity index (χ3v) is 4.67. The van der Waals surface area contributed by atoms with E-state index in [2.05, 4.69) is 16.9 Å². The fraction of sp³-hybridized carbons (Fsp3) is 0.643. The zero-order valence-corrected chi connectivity index (χ0v) is 12.7. The van der Waals surface area contributed by atoms with Gasteiger partial charge < -0.3 is 19.8 Å². The van der Waals surface area contributed by atoms with Gasteiger partial charge in [0.05, 0.1) is 12.9 Å². The van der Waals surface area contributed by atoms with E-state index in [1.807, 2.05) is 17.8 Å². The van der Waals surface area contributed by atoms with E-state index < -0.39 is 0 Å². The third-order valence-electron chi connectivity index (χ3n) is 3.58. The molecule has 1 aliphatic rings. The molecule has 1 aromatic rings. The number of ether oxygens (including phenoxy) is 1. The largest absolute Gasteiger partial charge is 0.467 e. The fourth-order valence-electron chi connectivity index (χ4n) is 2.52. The molecule has 2 N–H and O–H groups in total. The molecule has 0 aliphatic heterocycles. The molecule has 112 valence electrons. The Morgan fingerprint density at radius 2 is 2.45 bits per heavy atom. The molecule has 2 amide bonds. The van der Waals surface area contributed by atoms with Crippen molar-refractivity contribution >= 4 is 17.8 Å². The van der Waals surface area contributed by atoms with Gasteiger partial charge in [0.1, 0.15) is 11.8 Å². The van der Waals surface area contributed by atoms with Crippen LogP contribution in [0.25, 0.3) is 0 Å². The van der Waals surface area contributed by atoms with Gasteiger partial charge in [-0.25, -0.2) is 4.79 Å². The van der Waals surface area contributed by atoms with Gasteiger partial charge in [-0.05, 0) is 37.7 Å². The summed E-state index contributed by atoms with van der Waals surface area (Å²) in [5, 5.41) is 6.60. The Bertz CT molecular complexity index is 411. The SMILES string of the molecule is COC[C@@H](NC(=O)N[C@@H]1CC[C@H](SC)C1)c1ccco1. The molecular weight excluding hydrogens is 276 g/mol. The van der Waals surface area contributed by atoms with E-state index in [9.17, 15) is 4.79 Å². The zero-order chi connectivity index (χ0) is 14.4. The van der Waals surface area contributed by atoms with Crippen LogP contribution in [0.4, 0.5) is 4.79 Å². The summed E-state index contributed by atoms with van der Waals surface area (Å²) in [7, 11) is 1.61. The number of nitrogens with one attached hydrogen (secondary N) is 2. The zero-order valence-electron chi connectivity index (χ0n) is 11.9. The highest BCUT2D eigenvalue weighted by molar-refractivity contribution is 7.99. The number of hydrogen-bond donors (Lipinski definition) is 2.